The van der Waals surface area contributed by atoms with Crippen LogP contribution in [0, 0.1) is 16.0 Å². The molecule has 1 saturated heterocycles. The van der Waals surface area contributed by atoms with E-state index >= 15 is 0 Å². The summed E-state index contributed by atoms with van der Waals surface area (Å²) >= 11 is 0. The van der Waals surface area contributed by atoms with Gasteiger partial charge in [0.2, 0.25) is 5.91 Å². The molecule has 10 heteroatoms. The molecule has 2 aromatic heterocycles. The Morgan fingerprint density at radius 1 is 1.05 bits per heavy atom. The van der Waals surface area contributed by atoms with E-state index < -0.39 is 4.92 Å². The van der Waals surface area contributed by atoms with Crippen LogP contribution in [0.2, 0.25) is 0 Å². The van der Waals surface area contributed by atoms with Crippen molar-refractivity contribution < 1.29 is 18.9 Å². The van der Waals surface area contributed by atoms with Crippen molar-refractivity contribution in [2.75, 3.05) is 37.6 Å². The highest BCUT2D eigenvalue weighted by molar-refractivity contribution is 5.91. The number of nitro groups is 1. The van der Waals surface area contributed by atoms with Gasteiger partial charge in [-0.15, -0.1) is 0 Å². The quantitative estimate of drug-likeness (QED) is 0.289. The van der Waals surface area contributed by atoms with Crippen molar-refractivity contribution in [3.8, 4) is 0 Å². The highest BCUT2D eigenvalue weighted by atomic mass is 16.6. The van der Waals surface area contributed by atoms with Crippen LogP contribution in [-0.4, -0.2) is 63.8 Å². The van der Waals surface area contributed by atoms with E-state index in [2.05, 4.69) is 11.8 Å². The largest absolute Gasteiger partial charge is 0.454 e. The first-order valence-electron chi connectivity index (χ1n) is 13.1. The molecule has 1 aliphatic heterocycles. The molecule has 10 nitrogen and oxygen atoms in total. The van der Waals surface area contributed by atoms with Gasteiger partial charge < -0.3 is 23.7 Å². The van der Waals surface area contributed by atoms with Gasteiger partial charge in [-0.2, -0.15) is 0 Å². The summed E-state index contributed by atoms with van der Waals surface area (Å²) in [5.41, 5.74) is 1.97. The molecule has 0 saturated carbocycles. The molecule has 3 heterocycles. The molecular formula is C28H35N5O5. The summed E-state index contributed by atoms with van der Waals surface area (Å²) in [4.78, 5) is 42.0. The van der Waals surface area contributed by atoms with Crippen molar-refractivity contribution in [3.05, 3.63) is 82.1 Å². The maximum atomic E-state index is 13.1. The number of furan rings is 1. The van der Waals surface area contributed by atoms with Crippen molar-refractivity contribution in [1.82, 2.24) is 14.4 Å². The molecule has 0 spiro atoms. The minimum absolute atomic E-state index is 0.0559. The summed E-state index contributed by atoms with van der Waals surface area (Å²) in [5, 5.41) is 10.9. The summed E-state index contributed by atoms with van der Waals surface area (Å²) in [6.45, 7) is 9.94. The highest BCUT2D eigenvalue weighted by Gasteiger charge is 2.25. The van der Waals surface area contributed by atoms with Crippen LogP contribution in [0.5, 0.6) is 0 Å². The number of hydrogen-bond acceptors (Lipinski definition) is 6. The van der Waals surface area contributed by atoms with Gasteiger partial charge in [0.15, 0.2) is 5.76 Å². The molecule has 38 heavy (non-hydrogen) atoms. The summed E-state index contributed by atoms with van der Waals surface area (Å²) in [6.07, 6.45) is 2.85. The van der Waals surface area contributed by atoms with Gasteiger partial charge >= 0.3 is 0 Å². The second-order valence-corrected chi connectivity index (χ2v) is 9.86. The van der Waals surface area contributed by atoms with Gasteiger partial charge in [-0.3, -0.25) is 19.7 Å². The van der Waals surface area contributed by atoms with Gasteiger partial charge in [-0.25, -0.2) is 0 Å². The third-order valence-electron chi connectivity index (χ3n) is 6.77. The van der Waals surface area contributed by atoms with E-state index in [1.54, 1.807) is 23.1 Å². The van der Waals surface area contributed by atoms with Crippen LogP contribution in [0.25, 0.3) is 0 Å². The number of amides is 2. The number of hydrogen-bond donors (Lipinski definition) is 0. The number of non-ortho nitro benzene ring substituents is 1. The van der Waals surface area contributed by atoms with Gasteiger partial charge in [0.25, 0.3) is 11.6 Å². The van der Waals surface area contributed by atoms with Crippen molar-refractivity contribution in [3.63, 3.8) is 0 Å². The van der Waals surface area contributed by atoms with Crippen LogP contribution >= 0.6 is 0 Å². The molecule has 0 atom stereocenters. The highest BCUT2D eigenvalue weighted by Crippen LogP contribution is 2.22. The monoisotopic (exact) mass is 521 g/mol. The second-order valence-electron chi connectivity index (χ2n) is 9.86. The Morgan fingerprint density at radius 2 is 1.76 bits per heavy atom. The van der Waals surface area contributed by atoms with E-state index in [-0.39, 0.29) is 23.4 Å². The minimum atomic E-state index is -0.413. The Labute approximate surface area is 222 Å². The molecule has 1 aliphatic rings. The van der Waals surface area contributed by atoms with Gasteiger partial charge in [-0.05, 0) is 42.8 Å². The maximum absolute atomic E-state index is 13.1. The number of nitrogens with zero attached hydrogens (tertiary/aromatic N) is 5. The summed E-state index contributed by atoms with van der Waals surface area (Å²) in [7, 11) is 0. The molecular weight excluding hydrogens is 486 g/mol. The molecule has 2 amide bonds. The van der Waals surface area contributed by atoms with Crippen molar-refractivity contribution in [2.24, 2.45) is 5.92 Å². The molecule has 0 aliphatic carbocycles. The SMILES string of the molecule is CCCN(Cc1cccn1Cc1ccc(C(=O)N2CCN(c3ccc([N+](=O)[O-])cc3)CC2)o1)C(=O)C(C)C. The lowest BCUT2D eigenvalue weighted by atomic mass is 10.2. The Bertz CT molecular complexity index is 1250. The number of benzene rings is 1. The van der Waals surface area contributed by atoms with Crippen LogP contribution in [0.1, 0.15) is 49.2 Å². The molecule has 0 N–H and O–H groups in total. The lowest BCUT2D eigenvalue weighted by Gasteiger charge is -2.35. The standard InChI is InChI=1S/C28H35N5O5/c1-4-13-32(27(34)21(2)3)19-24-6-5-14-31(24)20-25-11-12-26(38-25)28(35)30-17-15-29(16-18-30)22-7-9-23(10-8-22)33(36)37/h5-12,14,21H,4,13,15-20H2,1-3H3. The lowest BCUT2D eigenvalue weighted by Crippen LogP contribution is -2.48. The lowest BCUT2D eigenvalue weighted by molar-refractivity contribution is -0.384. The number of nitro benzene ring substituents is 1. The minimum Gasteiger partial charge on any atom is -0.454 e. The summed E-state index contributed by atoms with van der Waals surface area (Å²) in [6, 6.07) is 14.0. The van der Waals surface area contributed by atoms with E-state index in [1.165, 1.54) is 12.1 Å². The number of rotatable bonds is 10. The third kappa shape index (κ3) is 6.24. The van der Waals surface area contributed by atoms with Crippen molar-refractivity contribution in [2.45, 2.75) is 40.3 Å². The zero-order valence-corrected chi connectivity index (χ0v) is 22.2. The molecule has 0 radical (unpaired) electrons. The average molecular weight is 522 g/mol. The first kappa shape index (κ1) is 27.0. The van der Waals surface area contributed by atoms with Crippen LogP contribution in [0.15, 0.2) is 59.1 Å². The zero-order valence-electron chi connectivity index (χ0n) is 22.2. The Balaban J connectivity index is 1.35. The average Bonchev–Trinajstić information content (AvgIpc) is 3.57. The first-order chi connectivity index (χ1) is 18.3. The molecule has 3 aromatic rings. The fourth-order valence-corrected chi connectivity index (χ4v) is 4.70. The van der Waals surface area contributed by atoms with Crippen LogP contribution in [0.3, 0.4) is 0 Å². The van der Waals surface area contributed by atoms with Crippen molar-refractivity contribution >= 4 is 23.2 Å². The maximum Gasteiger partial charge on any atom is 0.289 e. The van der Waals surface area contributed by atoms with Crippen LogP contribution in [0.4, 0.5) is 11.4 Å². The zero-order chi connectivity index (χ0) is 27.2. The van der Waals surface area contributed by atoms with Gasteiger partial charge in [0, 0.05) is 68.4 Å². The number of piperazine rings is 1. The normalized spacial score (nSPS) is 13.7. The summed E-state index contributed by atoms with van der Waals surface area (Å²) in [5.74, 6) is 0.912. The first-order valence-corrected chi connectivity index (χ1v) is 13.1. The predicted octanol–water partition coefficient (Wildman–Crippen LogP) is 4.39. The molecule has 1 fully saturated rings. The second kappa shape index (κ2) is 12.0. The van der Waals surface area contributed by atoms with Crippen molar-refractivity contribution in [1.29, 1.82) is 0 Å². The number of carbonyl (C=O) groups is 2. The fraction of sp³-hybridized carbons (Fsp3) is 0.429. The fourth-order valence-electron chi connectivity index (χ4n) is 4.70. The number of carbonyl (C=O) groups excluding carboxylic acids is 2. The van der Waals surface area contributed by atoms with Gasteiger partial charge in [0.05, 0.1) is 18.0 Å². The predicted molar refractivity (Wildman–Crippen MR) is 144 cm³/mol. The Morgan fingerprint density at radius 3 is 2.39 bits per heavy atom. The molecule has 202 valence electrons. The van der Waals surface area contributed by atoms with E-state index in [0.29, 0.717) is 57.3 Å². The van der Waals surface area contributed by atoms with Crippen LogP contribution < -0.4 is 4.90 Å². The van der Waals surface area contributed by atoms with Gasteiger partial charge in [-0.1, -0.05) is 20.8 Å². The third-order valence-corrected chi connectivity index (χ3v) is 6.77. The summed E-state index contributed by atoms with van der Waals surface area (Å²) < 4.78 is 7.99. The van der Waals surface area contributed by atoms with E-state index in [0.717, 1.165) is 17.8 Å². The number of anilines is 1. The van der Waals surface area contributed by atoms with E-state index in [4.69, 9.17) is 4.42 Å². The molecule has 4 rings (SSSR count). The smallest absolute Gasteiger partial charge is 0.289 e. The van der Waals surface area contributed by atoms with E-state index in [1.807, 2.05) is 47.7 Å². The topological polar surface area (TPSA) is 105 Å². The Hall–Kier alpha value is -4.08. The molecule has 1 aromatic carbocycles. The Kier molecular flexibility index (Phi) is 8.50. The molecule has 0 unspecified atom stereocenters. The molecule has 0 bridgehead atoms. The van der Waals surface area contributed by atoms with Crippen LogP contribution in [-0.2, 0) is 17.9 Å². The number of aromatic nitrogens is 1. The van der Waals surface area contributed by atoms with Gasteiger partial charge in [0.1, 0.15) is 5.76 Å². The van der Waals surface area contributed by atoms with E-state index in [9.17, 15) is 19.7 Å².